The van der Waals surface area contributed by atoms with Gasteiger partial charge in [0.15, 0.2) is 5.78 Å². The third-order valence-corrected chi connectivity index (χ3v) is 3.41. The van der Waals surface area contributed by atoms with E-state index in [2.05, 4.69) is 4.98 Å². The zero-order chi connectivity index (χ0) is 13.1. The maximum atomic E-state index is 11.6. The molecule has 0 aliphatic heterocycles. The van der Waals surface area contributed by atoms with E-state index in [0.717, 1.165) is 36.3 Å². The van der Waals surface area contributed by atoms with Crippen molar-refractivity contribution in [1.82, 2.24) is 9.55 Å². The van der Waals surface area contributed by atoms with Crippen LogP contribution in [0.2, 0.25) is 0 Å². The minimum absolute atomic E-state index is 0.235. The quantitative estimate of drug-likeness (QED) is 0.772. The second kappa shape index (κ2) is 5.26. The van der Waals surface area contributed by atoms with Gasteiger partial charge < -0.3 is 9.30 Å². The summed E-state index contributed by atoms with van der Waals surface area (Å²) in [6, 6.07) is 5.74. The van der Waals surface area contributed by atoms with E-state index < -0.39 is 0 Å². The number of ketones is 1. The molecule has 0 N–H and O–H groups in total. The highest BCUT2D eigenvalue weighted by molar-refractivity contribution is 6.01. The van der Waals surface area contributed by atoms with Crippen LogP contribution < -0.4 is 4.74 Å². The Balaban J connectivity index is 1.57. The number of fused-ring (bicyclic) bond motifs is 1. The normalized spacial score (nSPS) is 13.6. The molecule has 0 saturated carbocycles. The first kappa shape index (κ1) is 12.0. The van der Waals surface area contributed by atoms with Crippen molar-refractivity contribution in [3.63, 3.8) is 0 Å². The van der Waals surface area contributed by atoms with Crippen LogP contribution in [0.4, 0.5) is 0 Å². The molecule has 1 aliphatic carbocycles. The average Bonchev–Trinajstić information content (AvgIpc) is 3.06. The molecule has 0 spiro atoms. The molecule has 98 valence electrons. The van der Waals surface area contributed by atoms with E-state index in [4.69, 9.17) is 4.74 Å². The summed E-state index contributed by atoms with van der Waals surface area (Å²) in [4.78, 5) is 15.6. The van der Waals surface area contributed by atoms with Gasteiger partial charge in [0.25, 0.3) is 0 Å². The maximum absolute atomic E-state index is 11.6. The predicted molar refractivity (Wildman–Crippen MR) is 71.4 cm³/mol. The zero-order valence-electron chi connectivity index (χ0n) is 10.7. The highest BCUT2D eigenvalue weighted by atomic mass is 16.5. The van der Waals surface area contributed by atoms with E-state index in [9.17, 15) is 4.79 Å². The summed E-state index contributed by atoms with van der Waals surface area (Å²) in [5.74, 6) is 1.10. The zero-order valence-corrected chi connectivity index (χ0v) is 10.7. The molecule has 1 aromatic carbocycles. The fourth-order valence-electron chi connectivity index (χ4n) is 2.44. The van der Waals surface area contributed by atoms with Gasteiger partial charge in [-0.05, 0) is 18.9 Å². The van der Waals surface area contributed by atoms with Gasteiger partial charge in [-0.25, -0.2) is 4.98 Å². The van der Waals surface area contributed by atoms with Gasteiger partial charge in [0.1, 0.15) is 5.75 Å². The number of Topliss-reactive ketones (excluding diaryl/α,β-unsaturated/α-hetero) is 1. The number of ether oxygens (including phenoxy) is 1. The molecule has 0 radical (unpaired) electrons. The molecule has 0 bridgehead atoms. The van der Waals surface area contributed by atoms with E-state index >= 15 is 0 Å². The molecule has 4 heteroatoms. The Morgan fingerprint density at radius 1 is 1.32 bits per heavy atom. The first-order chi connectivity index (χ1) is 9.34. The van der Waals surface area contributed by atoms with Crippen LogP contribution in [-0.4, -0.2) is 21.9 Å². The largest absolute Gasteiger partial charge is 0.493 e. The Hall–Kier alpha value is -2.10. The first-order valence-electron chi connectivity index (χ1n) is 6.58. The van der Waals surface area contributed by atoms with Gasteiger partial charge in [0, 0.05) is 36.5 Å². The minimum atomic E-state index is 0.235. The lowest BCUT2D eigenvalue weighted by Gasteiger charge is -2.10. The molecule has 4 nitrogen and oxygen atoms in total. The summed E-state index contributed by atoms with van der Waals surface area (Å²) < 4.78 is 7.84. The van der Waals surface area contributed by atoms with E-state index in [1.807, 2.05) is 29.0 Å². The second-order valence-electron chi connectivity index (χ2n) is 4.71. The van der Waals surface area contributed by atoms with Crippen LogP contribution in [0.25, 0.3) is 0 Å². The lowest BCUT2D eigenvalue weighted by atomic mass is 10.1. The van der Waals surface area contributed by atoms with Crippen LogP contribution in [0, 0.1) is 0 Å². The Morgan fingerprint density at radius 3 is 3.11 bits per heavy atom. The number of carbonyl (C=O) groups is 1. The van der Waals surface area contributed by atoms with Crippen molar-refractivity contribution in [2.75, 3.05) is 6.61 Å². The van der Waals surface area contributed by atoms with E-state index in [1.165, 1.54) is 0 Å². The number of aromatic nitrogens is 2. The van der Waals surface area contributed by atoms with Crippen LogP contribution in [0.3, 0.4) is 0 Å². The topological polar surface area (TPSA) is 44.1 Å². The maximum Gasteiger partial charge on any atom is 0.163 e. The van der Waals surface area contributed by atoms with Crippen molar-refractivity contribution < 1.29 is 9.53 Å². The van der Waals surface area contributed by atoms with E-state index in [-0.39, 0.29) is 5.78 Å². The molecule has 19 heavy (non-hydrogen) atoms. The molecule has 3 rings (SSSR count). The van der Waals surface area contributed by atoms with Gasteiger partial charge in [0.2, 0.25) is 0 Å². The van der Waals surface area contributed by atoms with Gasteiger partial charge in [-0.15, -0.1) is 0 Å². The summed E-state index contributed by atoms with van der Waals surface area (Å²) in [7, 11) is 0. The van der Waals surface area contributed by atoms with Crippen LogP contribution >= 0.6 is 0 Å². The first-order valence-corrected chi connectivity index (χ1v) is 6.58. The third kappa shape index (κ3) is 2.52. The van der Waals surface area contributed by atoms with Gasteiger partial charge in [-0.1, -0.05) is 12.1 Å². The molecule has 0 saturated heterocycles. The van der Waals surface area contributed by atoms with Crippen LogP contribution in [0.15, 0.2) is 36.9 Å². The molecule has 0 amide bonds. The number of carbonyl (C=O) groups excluding carboxylic acids is 1. The fraction of sp³-hybridized carbons (Fsp3) is 0.333. The molecule has 2 aromatic rings. The monoisotopic (exact) mass is 256 g/mol. The predicted octanol–water partition coefficient (Wildman–Crippen LogP) is 2.48. The van der Waals surface area contributed by atoms with Crippen molar-refractivity contribution in [2.45, 2.75) is 25.8 Å². The second-order valence-corrected chi connectivity index (χ2v) is 4.71. The number of benzene rings is 1. The van der Waals surface area contributed by atoms with E-state index in [1.54, 1.807) is 12.5 Å². The molecular weight excluding hydrogens is 240 g/mol. The van der Waals surface area contributed by atoms with Crippen molar-refractivity contribution in [2.24, 2.45) is 0 Å². The van der Waals surface area contributed by atoms with Gasteiger partial charge >= 0.3 is 0 Å². The highest BCUT2D eigenvalue weighted by Crippen LogP contribution is 2.30. The van der Waals surface area contributed by atoms with Crippen molar-refractivity contribution >= 4 is 5.78 Å². The van der Waals surface area contributed by atoms with Crippen LogP contribution in [-0.2, 0) is 13.0 Å². The van der Waals surface area contributed by atoms with Crippen molar-refractivity contribution in [3.05, 3.63) is 48.0 Å². The highest BCUT2D eigenvalue weighted by Gasteiger charge is 2.22. The average molecular weight is 256 g/mol. The van der Waals surface area contributed by atoms with Gasteiger partial charge in [-0.2, -0.15) is 0 Å². The SMILES string of the molecule is O=C1CCc2c(OCCCn3ccnc3)cccc21. The van der Waals surface area contributed by atoms with E-state index in [0.29, 0.717) is 13.0 Å². The number of hydrogen-bond acceptors (Lipinski definition) is 3. The summed E-state index contributed by atoms with van der Waals surface area (Å²) in [6.07, 6.45) is 7.87. The number of rotatable bonds is 5. The molecule has 0 unspecified atom stereocenters. The fourth-order valence-corrected chi connectivity index (χ4v) is 2.44. The molecule has 1 aliphatic rings. The minimum Gasteiger partial charge on any atom is -0.493 e. The van der Waals surface area contributed by atoms with Gasteiger partial charge in [0.05, 0.1) is 12.9 Å². The lowest BCUT2D eigenvalue weighted by molar-refractivity contribution is 0.0994. The molecular formula is C15H16N2O2. The Labute approximate surface area is 112 Å². The smallest absolute Gasteiger partial charge is 0.163 e. The Kier molecular flexibility index (Phi) is 3.31. The number of hydrogen-bond donors (Lipinski definition) is 0. The number of aryl methyl sites for hydroxylation is 1. The summed E-state index contributed by atoms with van der Waals surface area (Å²) in [5.41, 5.74) is 1.92. The van der Waals surface area contributed by atoms with Crippen LogP contribution in [0.1, 0.15) is 28.8 Å². The lowest BCUT2D eigenvalue weighted by Crippen LogP contribution is -2.04. The van der Waals surface area contributed by atoms with Crippen LogP contribution in [0.5, 0.6) is 5.75 Å². The van der Waals surface area contributed by atoms with Crippen molar-refractivity contribution in [1.29, 1.82) is 0 Å². The standard InChI is InChI=1S/C15H16N2O2/c18-14-6-5-13-12(14)3-1-4-15(13)19-10-2-8-17-9-7-16-11-17/h1,3-4,7,9,11H,2,5-6,8,10H2. The molecule has 0 atom stereocenters. The Bertz CT molecular complexity index is 576. The molecule has 1 heterocycles. The van der Waals surface area contributed by atoms with Crippen molar-refractivity contribution in [3.8, 4) is 5.75 Å². The van der Waals surface area contributed by atoms with Gasteiger partial charge in [-0.3, -0.25) is 4.79 Å². The molecule has 1 aromatic heterocycles. The number of imidazole rings is 1. The molecule has 0 fully saturated rings. The summed E-state index contributed by atoms with van der Waals surface area (Å²) in [6.45, 7) is 1.55. The Morgan fingerprint density at radius 2 is 2.26 bits per heavy atom. The summed E-state index contributed by atoms with van der Waals surface area (Å²) in [5, 5.41) is 0. The third-order valence-electron chi connectivity index (χ3n) is 3.41. The number of nitrogens with zero attached hydrogens (tertiary/aromatic N) is 2. The summed E-state index contributed by atoms with van der Waals surface area (Å²) >= 11 is 0.